The predicted octanol–water partition coefficient (Wildman–Crippen LogP) is 3.10. The average molecular weight is 252 g/mol. The molecule has 0 spiro atoms. The highest BCUT2D eigenvalue weighted by Gasteiger charge is 2.05. The lowest BCUT2D eigenvalue weighted by Crippen LogP contribution is -2.10. The Morgan fingerprint density at radius 1 is 1.17 bits per heavy atom. The molecule has 0 radical (unpaired) electrons. The van der Waals surface area contributed by atoms with Gasteiger partial charge in [0, 0.05) is 6.61 Å². The van der Waals surface area contributed by atoms with Crippen LogP contribution in [0.25, 0.3) is 0 Å². The van der Waals surface area contributed by atoms with Gasteiger partial charge in [-0.2, -0.15) is 0 Å². The molecular formula is C15H24O3. The van der Waals surface area contributed by atoms with Gasteiger partial charge < -0.3 is 14.6 Å². The summed E-state index contributed by atoms with van der Waals surface area (Å²) in [5.41, 5.74) is 1.95. The number of rotatable bonds is 7. The summed E-state index contributed by atoms with van der Waals surface area (Å²) >= 11 is 0. The van der Waals surface area contributed by atoms with Crippen LogP contribution in [0, 0.1) is 12.8 Å². The Bertz CT molecular complexity index is 359. The maximum atomic E-state index is 9.48. The van der Waals surface area contributed by atoms with E-state index in [1.54, 1.807) is 6.92 Å². The predicted molar refractivity (Wildman–Crippen MR) is 73.0 cm³/mol. The first-order chi connectivity index (χ1) is 8.50. The van der Waals surface area contributed by atoms with Crippen LogP contribution in [-0.4, -0.2) is 24.9 Å². The first kappa shape index (κ1) is 15.0. The van der Waals surface area contributed by atoms with Gasteiger partial charge in [0.05, 0.1) is 12.7 Å². The molecule has 0 aliphatic heterocycles. The summed E-state index contributed by atoms with van der Waals surface area (Å²) in [6.07, 6.45) is -0.438. The first-order valence-corrected chi connectivity index (χ1v) is 6.50. The fraction of sp³-hybridized carbons (Fsp3) is 0.600. The summed E-state index contributed by atoms with van der Waals surface area (Å²) in [7, 11) is 0. The van der Waals surface area contributed by atoms with E-state index in [0.717, 1.165) is 23.5 Å². The number of ether oxygens (including phenoxy) is 2. The summed E-state index contributed by atoms with van der Waals surface area (Å²) in [6.45, 7) is 9.92. The maximum absolute atomic E-state index is 9.48. The average Bonchev–Trinajstić information content (AvgIpc) is 2.29. The largest absolute Gasteiger partial charge is 0.491 e. The van der Waals surface area contributed by atoms with Crippen LogP contribution in [0.3, 0.4) is 0 Å². The van der Waals surface area contributed by atoms with Gasteiger partial charge in [0.15, 0.2) is 0 Å². The van der Waals surface area contributed by atoms with Crippen LogP contribution in [0.2, 0.25) is 0 Å². The molecule has 3 nitrogen and oxygen atoms in total. The molecule has 0 amide bonds. The van der Waals surface area contributed by atoms with E-state index in [-0.39, 0.29) is 0 Å². The molecule has 1 aromatic rings. The molecular weight excluding hydrogens is 228 g/mol. The van der Waals surface area contributed by atoms with Gasteiger partial charge in [-0.3, -0.25) is 0 Å². The summed E-state index contributed by atoms with van der Waals surface area (Å²) in [5, 5.41) is 9.48. The van der Waals surface area contributed by atoms with E-state index in [9.17, 15) is 5.11 Å². The molecule has 3 heteroatoms. The highest BCUT2D eigenvalue weighted by Crippen LogP contribution is 2.22. The summed E-state index contributed by atoms with van der Waals surface area (Å²) in [4.78, 5) is 0. The second-order valence-electron chi connectivity index (χ2n) is 5.02. The topological polar surface area (TPSA) is 38.7 Å². The molecule has 0 heterocycles. The van der Waals surface area contributed by atoms with Crippen molar-refractivity contribution in [2.75, 3.05) is 19.8 Å². The lowest BCUT2D eigenvalue weighted by molar-refractivity contribution is 0.0817. The van der Waals surface area contributed by atoms with Crippen LogP contribution in [0.1, 0.15) is 38.0 Å². The molecule has 1 atom stereocenters. The van der Waals surface area contributed by atoms with E-state index in [1.165, 1.54) is 0 Å². The molecule has 1 aromatic carbocycles. The van der Waals surface area contributed by atoms with Gasteiger partial charge in [0.2, 0.25) is 0 Å². The monoisotopic (exact) mass is 252 g/mol. The number of aliphatic hydroxyl groups is 1. The minimum absolute atomic E-state index is 0.438. The normalized spacial score (nSPS) is 12.8. The van der Waals surface area contributed by atoms with Crippen molar-refractivity contribution in [2.45, 2.75) is 33.8 Å². The maximum Gasteiger partial charge on any atom is 0.122 e. The zero-order valence-electron chi connectivity index (χ0n) is 11.8. The number of hydrogen-bond donors (Lipinski definition) is 1. The molecule has 0 fully saturated rings. The van der Waals surface area contributed by atoms with E-state index in [4.69, 9.17) is 9.47 Å². The summed E-state index contributed by atoms with van der Waals surface area (Å²) < 4.78 is 11.1. The van der Waals surface area contributed by atoms with Crippen molar-refractivity contribution >= 4 is 0 Å². The van der Waals surface area contributed by atoms with Gasteiger partial charge in [0.1, 0.15) is 12.4 Å². The molecule has 0 saturated heterocycles. The molecule has 0 aliphatic carbocycles. The quantitative estimate of drug-likeness (QED) is 0.758. The van der Waals surface area contributed by atoms with E-state index >= 15 is 0 Å². The third kappa shape index (κ3) is 5.07. The third-order valence-corrected chi connectivity index (χ3v) is 2.62. The number of aliphatic hydroxyl groups excluding tert-OH is 1. The van der Waals surface area contributed by atoms with Crippen LogP contribution in [0.15, 0.2) is 18.2 Å². The van der Waals surface area contributed by atoms with Crippen molar-refractivity contribution in [2.24, 2.45) is 5.92 Å². The molecule has 18 heavy (non-hydrogen) atoms. The Morgan fingerprint density at radius 2 is 1.89 bits per heavy atom. The Morgan fingerprint density at radius 3 is 2.44 bits per heavy atom. The molecule has 1 unspecified atom stereocenters. The van der Waals surface area contributed by atoms with Crippen LogP contribution in [0.5, 0.6) is 5.75 Å². The highest BCUT2D eigenvalue weighted by molar-refractivity contribution is 5.36. The van der Waals surface area contributed by atoms with Gasteiger partial charge in [0.25, 0.3) is 0 Å². The lowest BCUT2D eigenvalue weighted by atomic mass is 10.1. The van der Waals surface area contributed by atoms with E-state index in [1.807, 2.05) is 25.1 Å². The van der Waals surface area contributed by atoms with E-state index in [2.05, 4.69) is 13.8 Å². The number of aryl methyl sites for hydroxylation is 1. The number of benzene rings is 1. The second-order valence-corrected chi connectivity index (χ2v) is 5.02. The zero-order chi connectivity index (χ0) is 13.5. The lowest BCUT2D eigenvalue weighted by Gasteiger charge is -2.12. The zero-order valence-corrected chi connectivity index (χ0v) is 11.8. The van der Waals surface area contributed by atoms with Crippen LogP contribution < -0.4 is 4.74 Å². The molecule has 102 valence electrons. The van der Waals surface area contributed by atoms with Crippen molar-refractivity contribution in [3.63, 3.8) is 0 Å². The number of hydrogen-bond acceptors (Lipinski definition) is 3. The summed E-state index contributed by atoms with van der Waals surface area (Å²) in [5.74, 6) is 1.41. The Hall–Kier alpha value is -1.06. The standard InChI is InChI=1S/C15H24O3/c1-11(2)10-17-7-8-18-15-6-5-14(13(4)16)9-12(15)3/h5-6,9,11,13,16H,7-8,10H2,1-4H3. The fourth-order valence-electron chi connectivity index (χ4n) is 1.62. The third-order valence-electron chi connectivity index (χ3n) is 2.62. The first-order valence-electron chi connectivity index (χ1n) is 6.50. The van der Waals surface area contributed by atoms with Crippen molar-refractivity contribution in [3.05, 3.63) is 29.3 Å². The Labute approximate surface area is 110 Å². The van der Waals surface area contributed by atoms with Gasteiger partial charge in [-0.15, -0.1) is 0 Å². The van der Waals surface area contributed by atoms with Crippen molar-refractivity contribution in [1.82, 2.24) is 0 Å². The molecule has 0 aliphatic rings. The van der Waals surface area contributed by atoms with Crippen molar-refractivity contribution < 1.29 is 14.6 Å². The van der Waals surface area contributed by atoms with Crippen LogP contribution >= 0.6 is 0 Å². The second kappa shape index (κ2) is 7.39. The fourth-order valence-corrected chi connectivity index (χ4v) is 1.62. The molecule has 0 bridgehead atoms. The van der Waals surface area contributed by atoms with Crippen molar-refractivity contribution in [3.8, 4) is 5.75 Å². The van der Waals surface area contributed by atoms with Crippen LogP contribution in [-0.2, 0) is 4.74 Å². The van der Waals surface area contributed by atoms with Gasteiger partial charge >= 0.3 is 0 Å². The molecule has 0 saturated carbocycles. The van der Waals surface area contributed by atoms with E-state index < -0.39 is 6.10 Å². The minimum atomic E-state index is -0.438. The Balaban J connectivity index is 2.39. The molecule has 0 aromatic heterocycles. The molecule has 1 N–H and O–H groups in total. The smallest absolute Gasteiger partial charge is 0.122 e. The van der Waals surface area contributed by atoms with Crippen LogP contribution in [0.4, 0.5) is 0 Å². The van der Waals surface area contributed by atoms with Gasteiger partial charge in [-0.1, -0.05) is 19.9 Å². The highest BCUT2D eigenvalue weighted by atomic mass is 16.5. The van der Waals surface area contributed by atoms with Gasteiger partial charge in [-0.25, -0.2) is 0 Å². The summed E-state index contributed by atoms with van der Waals surface area (Å²) in [6, 6.07) is 5.75. The Kier molecular flexibility index (Phi) is 6.16. The van der Waals surface area contributed by atoms with E-state index in [0.29, 0.717) is 19.1 Å². The SMILES string of the molecule is Cc1cc(C(C)O)ccc1OCCOCC(C)C. The van der Waals surface area contributed by atoms with Crippen molar-refractivity contribution in [1.29, 1.82) is 0 Å². The van der Waals surface area contributed by atoms with Gasteiger partial charge in [-0.05, 0) is 43.0 Å². The minimum Gasteiger partial charge on any atom is -0.491 e. The molecule has 1 rings (SSSR count).